The molecule has 0 saturated heterocycles. The highest BCUT2D eigenvalue weighted by Gasteiger charge is 2.30. The molecule has 0 bridgehead atoms. The molecule has 0 radical (unpaired) electrons. The molecule has 112 valence electrons. The maximum atomic E-state index is 9.85. The number of aliphatic hydroxyl groups excluding tert-OH is 1. The quantitative estimate of drug-likeness (QED) is 0.822. The lowest BCUT2D eigenvalue weighted by molar-refractivity contribution is 0.108. The Morgan fingerprint density at radius 1 is 1.05 bits per heavy atom. The van der Waals surface area contributed by atoms with Crippen LogP contribution in [0.1, 0.15) is 18.1 Å². The van der Waals surface area contributed by atoms with Crippen LogP contribution in [0.15, 0.2) is 54.6 Å². The van der Waals surface area contributed by atoms with E-state index in [4.69, 9.17) is 4.74 Å². The normalized spacial score (nSPS) is 13.7. The van der Waals surface area contributed by atoms with Gasteiger partial charge in [0.15, 0.2) is 0 Å². The van der Waals surface area contributed by atoms with E-state index in [1.165, 1.54) is 5.56 Å². The van der Waals surface area contributed by atoms with Gasteiger partial charge in [-0.1, -0.05) is 49.4 Å². The molecule has 3 heteroatoms. The summed E-state index contributed by atoms with van der Waals surface area (Å²) in [7, 11) is 1.84. The second kappa shape index (κ2) is 7.25. The lowest BCUT2D eigenvalue weighted by atomic mass is 9.92. The Bertz CT molecular complexity index is 533. The maximum Gasteiger partial charge on any atom is 0.119 e. The summed E-state index contributed by atoms with van der Waals surface area (Å²) in [5.41, 5.74) is 1.71. The lowest BCUT2D eigenvalue weighted by Crippen LogP contribution is -2.48. The molecule has 0 amide bonds. The van der Waals surface area contributed by atoms with Crippen molar-refractivity contribution in [3.63, 3.8) is 0 Å². The molecule has 0 spiro atoms. The highest BCUT2D eigenvalue weighted by atomic mass is 16.5. The molecule has 2 N–H and O–H groups in total. The smallest absolute Gasteiger partial charge is 0.119 e. The summed E-state index contributed by atoms with van der Waals surface area (Å²) < 4.78 is 5.88. The van der Waals surface area contributed by atoms with Gasteiger partial charge < -0.3 is 15.2 Å². The Kier molecular flexibility index (Phi) is 5.37. The first-order chi connectivity index (χ1) is 10.2. The Morgan fingerprint density at radius 2 is 1.71 bits per heavy atom. The van der Waals surface area contributed by atoms with E-state index in [0.29, 0.717) is 6.61 Å². The number of benzene rings is 2. The topological polar surface area (TPSA) is 41.5 Å². The molecule has 2 rings (SSSR count). The van der Waals surface area contributed by atoms with Gasteiger partial charge in [-0.05, 0) is 36.7 Å². The third kappa shape index (κ3) is 3.63. The van der Waals surface area contributed by atoms with Crippen molar-refractivity contribution in [2.24, 2.45) is 0 Å². The first-order valence-corrected chi connectivity index (χ1v) is 7.31. The van der Waals surface area contributed by atoms with Crippen LogP contribution in [0.2, 0.25) is 0 Å². The fourth-order valence-corrected chi connectivity index (χ4v) is 2.30. The number of nitrogens with one attached hydrogen (secondary N) is 1. The molecular weight excluding hydrogens is 262 g/mol. The maximum absolute atomic E-state index is 9.85. The van der Waals surface area contributed by atoms with E-state index in [2.05, 4.69) is 24.4 Å². The summed E-state index contributed by atoms with van der Waals surface area (Å²) >= 11 is 0. The molecule has 2 aromatic carbocycles. The molecule has 0 aliphatic carbocycles. The van der Waals surface area contributed by atoms with Crippen molar-refractivity contribution in [3.05, 3.63) is 65.7 Å². The van der Waals surface area contributed by atoms with E-state index >= 15 is 0 Å². The molecule has 0 heterocycles. The van der Waals surface area contributed by atoms with Crippen LogP contribution in [0, 0.1) is 0 Å². The van der Waals surface area contributed by atoms with Gasteiger partial charge in [-0.25, -0.2) is 0 Å². The lowest BCUT2D eigenvalue weighted by Gasteiger charge is -2.32. The zero-order valence-corrected chi connectivity index (χ0v) is 12.7. The Labute approximate surface area is 126 Å². The minimum absolute atomic E-state index is 0.0272. The first-order valence-electron chi connectivity index (χ1n) is 7.31. The van der Waals surface area contributed by atoms with Crippen LogP contribution in [-0.4, -0.2) is 25.4 Å². The predicted molar refractivity (Wildman–Crippen MR) is 85.6 cm³/mol. The van der Waals surface area contributed by atoms with Gasteiger partial charge in [0.05, 0.1) is 6.61 Å². The number of aliphatic hydroxyl groups is 1. The molecule has 0 aromatic heterocycles. The molecular formula is C18H23NO2. The van der Waals surface area contributed by atoms with E-state index in [0.717, 1.165) is 17.7 Å². The third-order valence-electron chi connectivity index (χ3n) is 3.89. The van der Waals surface area contributed by atoms with Gasteiger partial charge in [-0.2, -0.15) is 0 Å². The van der Waals surface area contributed by atoms with E-state index in [1.807, 2.05) is 49.5 Å². The van der Waals surface area contributed by atoms with Crippen molar-refractivity contribution in [1.29, 1.82) is 0 Å². The monoisotopic (exact) mass is 285 g/mol. The number of hydrogen-bond donors (Lipinski definition) is 2. The first kappa shape index (κ1) is 15.5. The van der Waals surface area contributed by atoms with Crippen LogP contribution in [0.25, 0.3) is 0 Å². The molecule has 2 aromatic rings. The second-order valence-electron chi connectivity index (χ2n) is 5.14. The molecule has 21 heavy (non-hydrogen) atoms. The summed E-state index contributed by atoms with van der Waals surface area (Å²) in [6.07, 6.45) is 1.02. The van der Waals surface area contributed by atoms with Crippen LogP contribution in [0.5, 0.6) is 5.75 Å². The summed E-state index contributed by atoms with van der Waals surface area (Å²) in [6, 6.07) is 18.0. The average molecular weight is 285 g/mol. The van der Waals surface area contributed by atoms with Gasteiger partial charge in [0, 0.05) is 0 Å². The average Bonchev–Trinajstić information content (AvgIpc) is 2.58. The highest BCUT2D eigenvalue weighted by molar-refractivity contribution is 5.29. The van der Waals surface area contributed by atoms with Crippen molar-refractivity contribution < 1.29 is 9.84 Å². The van der Waals surface area contributed by atoms with Crippen molar-refractivity contribution in [1.82, 2.24) is 5.32 Å². The van der Waals surface area contributed by atoms with Crippen molar-refractivity contribution in [2.45, 2.75) is 18.9 Å². The molecule has 0 saturated carbocycles. The summed E-state index contributed by atoms with van der Waals surface area (Å²) in [6.45, 7) is 2.47. The predicted octanol–water partition coefficient (Wildman–Crippen LogP) is 2.74. The molecule has 0 aliphatic rings. The van der Waals surface area contributed by atoms with Crippen molar-refractivity contribution in [2.75, 3.05) is 20.3 Å². The van der Waals surface area contributed by atoms with Crippen LogP contribution in [0.4, 0.5) is 0 Å². The Hall–Kier alpha value is -1.84. The summed E-state index contributed by atoms with van der Waals surface area (Å²) in [5, 5.41) is 13.0. The van der Waals surface area contributed by atoms with Gasteiger partial charge >= 0.3 is 0 Å². The largest absolute Gasteiger partial charge is 0.491 e. The van der Waals surface area contributed by atoms with Crippen molar-refractivity contribution in [3.8, 4) is 5.75 Å². The summed E-state index contributed by atoms with van der Waals surface area (Å²) in [4.78, 5) is 0. The molecule has 1 unspecified atom stereocenters. The Balaban J connectivity index is 2.13. The number of hydrogen-bond acceptors (Lipinski definition) is 3. The van der Waals surface area contributed by atoms with Gasteiger partial charge in [0.2, 0.25) is 0 Å². The second-order valence-corrected chi connectivity index (χ2v) is 5.14. The standard InChI is InChI=1S/C18H23NO2/c1-3-15-9-11-17(12-10-15)21-14-18(13-20,19-2)16-7-5-4-6-8-16/h4-12,19-20H,3,13-14H2,1-2H3. The SMILES string of the molecule is CCc1ccc(OCC(CO)(NC)c2ccccc2)cc1. The van der Waals surface area contributed by atoms with E-state index in [-0.39, 0.29) is 6.61 Å². The van der Waals surface area contributed by atoms with Gasteiger partial charge in [-0.3, -0.25) is 0 Å². The van der Waals surface area contributed by atoms with Crippen LogP contribution in [-0.2, 0) is 12.0 Å². The number of likely N-dealkylation sites (N-methyl/N-ethyl adjacent to an activating group) is 1. The fraction of sp³-hybridized carbons (Fsp3) is 0.333. The molecule has 1 atom stereocenters. The van der Waals surface area contributed by atoms with Gasteiger partial charge in [-0.15, -0.1) is 0 Å². The highest BCUT2D eigenvalue weighted by Crippen LogP contribution is 2.22. The molecule has 0 aliphatic heterocycles. The van der Waals surface area contributed by atoms with Gasteiger partial charge in [0.25, 0.3) is 0 Å². The zero-order valence-electron chi connectivity index (χ0n) is 12.7. The minimum Gasteiger partial charge on any atom is -0.491 e. The fourth-order valence-electron chi connectivity index (χ4n) is 2.30. The zero-order chi connectivity index (χ0) is 15.1. The van der Waals surface area contributed by atoms with E-state index in [9.17, 15) is 5.11 Å². The van der Waals surface area contributed by atoms with Crippen molar-refractivity contribution >= 4 is 0 Å². The summed E-state index contributed by atoms with van der Waals surface area (Å²) in [5.74, 6) is 0.816. The number of aryl methyl sites for hydroxylation is 1. The van der Waals surface area contributed by atoms with Crippen LogP contribution >= 0.6 is 0 Å². The van der Waals surface area contributed by atoms with E-state index in [1.54, 1.807) is 0 Å². The van der Waals surface area contributed by atoms with Crippen LogP contribution < -0.4 is 10.1 Å². The van der Waals surface area contributed by atoms with Crippen LogP contribution in [0.3, 0.4) is 0 Å². The van der Waals surface area contributed by atoms with Gasteiger partial charge in [0.1, 0.15) is 17.9 Å². The Morgan fingerprint density at radius 3 is 2.24 bits per heavy atom. The molecule has 3 nitrogen and oxygen atoms in total. The number of ether oxygens (including phenoxy) is 1. The molecule has 0 fully saturated rings. The minimum atomic E-state index is -0.593. The third-order valence-corrected chi connectivity index (χ3v) is 3.89. The van der Waals surface area contributed by atoms with E-state index < -0.39 is 5.54 Å². The number of rotatable bonds is 7.